The Kier molecular flexibility index (Phi) is 11.0. The molecule has 2 fully saturated rings. The van der Waals surface area contributed by atoms with Crippen LogP contribution in [0.15, 0.2) is 60.9 Å². The molecule has 0 N–H and O–H groups in total. The highest BCUT2D eigenvalue weighted by atomic mass is 35.5. The second kappa shape index (κ2) is 15.9. The third-order valence-corrected chi connectivity index (χ3v) is 11.8. The highest BCUT2D eigenvalue weighted by Gasteiger charge is 2.44. The lowest BCUT2D eigenvalue weighted by Gasteiger charge is -2.23. The summed E-state index contributed by atoms with van der Waals surface area (Å²) in [6.45, 7) is 8.88. The standard InChI is InChI=1S/C41H39Cl2F6N11O2/c1-21(2)34-36(55-16-14-30(38(55)61)57-19-32(40(44,45)46)50-23(57)4)29(53-59(34)27-10-6-25(42)7-11-27)18-22(3)35-37(52-54-60(35)28-12-8-26(43)9-13-28)56-17-15-31(39(56)62)58-20-33(41(47,48)49)51-24(58)5/h6-13,19-22,30-31H,14-18H2,1-5H3/t22?,30-,31-/m0/s1. The van der Waals surface area contributed by atoms with Crippen LogP contribution in [-0.4, -0.2) is 68.8 Å². The number of imidazole rings is 2. The van der Waals surface area contributed by atoms with Gasteiger partial charge in [0.2, 0.25) is 5.91 Å². The van der Waals surface area contributed by atoms with Crippen LogP contribution in [0.1, 0.15) is 97.7 Å². The molecule has 13 nitrogen and oxygen atoms in total. The lowest BCUT2D eigenvalue weighted by molar-refractivity contribution is -0.141. The van der Waals surface area contributed by atoms with E-state index >= 15 is 0 Å². The number of anilines is 2. The van der Waals surface area contributed by atoms with E-state index in [0.717, 1.165) is 12.4 Å². The first-order valence-electron chi connectivity index (χ1n) is 19.7. The number of rotatable bonds is 10. The molecule has 0 aliphatic carbocycles. The number of halogens is 8. The van der Waals surface area contributed by atoms with E-state index in [1.54, 1.807) is 62.8 Å². The third kappa shape index (κ3) is 7.73. The van der Waals surface area contributed by atoms with Crippen LogP contribution in [0, 0.1) is 13.8 Å². The number of nitrogens with zero attached hydrogens (tertiary/aromatic N) is 11. The van der Waals surface area contributed by atoms with Gasteiger partial charge in [0.25, 0.3) is 5.91 Å². The van der Waals surface area contributed by atoms with Crippen molar-refractivity contribution < 1.29 is 35.9 Å². The normalized spacial score (nSPS) is 18.0. The predicted molar refractivity (Wildman–Crippen MR) is 217 cm³/mol. The van der Waals surface area contributed by atoms with Gasteiger partial charge in [-0.3, -0.25) is 14.5 Å². The Labute approximate surface area is 360 Å². The molecule has 2 aromatic carbocycles. The molecule has 0 bridgehead atoms. The topological polar surface area (TPSA) is 125 Å². The zero-order valence-corrected chi connectivity index (χ0v) is 35.4. The molecule has 0 radical (unpaired) electrons. The molecule has 8 rings (SSSR count). The van der Waals surface area contributed by atoms with Crippen molar-refractivity contribution in [3.05, 3.63) is 111 Å². The number of benzene rings is 2. The van der Waals surface area contributed by atoms with Gasteiger partial charge in [0.15, 0.2) is 17.2 Å². The van der Waals surface area contributed by atoms with Crippen molar-refractivity contribution in [3.8, 4) is 11.4 Å². The molecular formula is C41H39Cl2F6N11O2. The van der Waals surface area contributed by atoms with Gasteiger partial charge in [-0.25, -0.2) is 19.3 Å². The van der Waals surface area contributed by atoms with Gasteiger partial charge in [0.1, 0.15) is 23.7 Å². The maximum absolute atomic E-state index is 14.5. The number of alkyl halides is 6. The van der Waals surface area contributed by atoms with Gasteiger partial charge in [-0.05, 0) is 81.1 Å². The molecule has 1 unspecified atom stereocenters. The third-order valence-electron chi connectivity index (χ3n) is 11.3. The Morgan fingerprint density at radius 2 is 1.16 bits per heavy atom. The summed E-state index contributed by atoms with van der Waals surface area (Å²) >= 11 is 12.5. The first-order chi connectivity index (χ1) is 29.2. The molecule has 2 amide bonds. The van der Waals surface area contributed by atoms with Crippen molar-refractivity contribution in [2.45, 2.75) is 90.2 Å². The summed E-state index contributed by atoms with van der Waals surface area (Å²) < 4.78 is 87.8. The van der Waals surface area contributed by atoms with E-state index in [1.807, 2.05) is 20.8 Å². The van der Waals surface area contributed by atoms with Crippen molar-refractivity contribution >= 4 is 46.5 Å². The number of carbonyl (C=O) groups is 2. The van der Waals surface area contributed by atoms with E-state index in [2.05, 4.69) is 20.3 Å². The van der Waals surface area contributed by atoms with Gasteiger partial charge >= 0.3 is 12.4 Å². The number of amides is 2. The maximum atomic E-state index is 14.5. The summed E-state index contributed by atoms with van der Waals surface area (Å²) in [6.07, 6.45) is -7.19. The molecule has 6 aromatic rings. The van der Waals surface area contributed by atoms with Gasteiger partial charge in [-0.1, -0.05) is 49.2 Å². The Balaban J connectivity index is 1.22. The van der Waals surface area contributed by atoms with Crippen molar-refractivity contribution in [1.29, 1.82) is 0 Å². The summed E-state index contributed by atoms with van der Waals surface area (Å²) in [4.78, 5) is 39.0. The molecule has 0 saturated carbocycles. The quantitative estimate of drug-likeness (QED) is 0.126. The zero-order valence-electron chi connectivity index (χ0n) is 33.9. The molecular weight excluding hydrogens is 863 g/mol. The van der Waals surface area contributed by atoms with Crippen LogP contribution < -0.4 is 9.80 Å². The van der Waals surface area contributed by atoms with E-state index in [-0.39, 0.29) is 55.7 Å². The van der Waals surface area contributed by atoms with Crippen molar-refractivity contribution in [1.82, 2.24) is 43.9 Å². The van der Waals surface area contributed by atoms with E-state index in [0.29, 0.717) is 44.2 Å². The Morgan fingerprint density at radius 1 is 0.694 bits per heavy atom. The molecule has 4 aromatic heterocycles. The molecule has 6 heterocycles. The van der Waals surface area contributed by atoms with Gasteiger partial charge in [-0.15, -0.1) is 5.10 Å². The molecule has 0 spiro atoms. The highest BCUT2D eigenvalue weighted by molar-refractivity contribution is 6.30. The van der Waals surface area contributed by atoms with Crippen molar-refractivity contribution in [3.63, 3.8) is 0 Å². The van der Waals surface area contributed by atoms with Crippen LogP contribution in [0.3, 0.4) is 0 Å². The lowest BCUT2D eigenvalue weighted by Crippen LogP contribution is -2.31. The fourth-order valence-electron chi connectivity index (χ4n) is 8.42. The minimum absolute atomic E-state index is 0.0309. The molecule has 326 valence electrons. The van der Waals surface area contributed by atoms with E-state index in [1.165, 1.54) is 27.9 Å². The summed E-state index contributed by atoms with van der Waals surface area (Å²) in [7, 11) is 0. The van der Waals surface area contributed by atoms with Crippen LogP contribution in [0.5, 0.6) is 0 Å². The maximum Gasteiger partial charge on any atom is 0.434 e. The average Bonchev–Trinajstić information content (AvgIpc) is 4.06. The Hall–Kier alpha value is -5.69. The van der Waals surface area contributed by atoms with Gasteiger partial charge in [-0.2, -0.15) is 31.4 Å². The van der Waals surface area contributed by atoms with E-state index < -0.39 is 53.6 Å². The molecule has 2 aliphatic rings. The van der Waals surface area contributed by atoms with Gasteiger partial charge < -0.3 is 14.0 Å². The monoisotopic (exact) mass is 901 g/mol. The number of hydrogen-bond donors (Lipinski definition) is 0. The van der Waals surface area contributed by atoms with Crippen molar-refractivity contribution in [2.24, 2.45) is 0 Å². The second-order valence-corrected chi connectivity index (χ2v) is 16.6. The van der Waals surface area contributed by atoms with Crippen LogP contribution in [0.4, 0.5) is 37.8 Å². The molecule has 2 saturated heterocycles. The highest BCUT2D eigenvalue weighted by Crippen LogP contribution is 2.43. The first-order valence-corrected chi connectivity index (χ1v) is 20.5. The number of carbonyl (C=O) groups excluding carboxylic acids is 2. The summed E-state index contributed by atoms with van der Waals surface area (Å²) in [5.41, 5.74) is 1.10. The summed E-state index contributed by atoms with van der Waals surface area (Å²) in [5.74, 6) is -1.45. The zero-order chi connectivity index (χ0) is 44.6. The Morgan fingerprint density at radius 3 is 1.63 bits per heavy atom. The second-order valence-electron chi connectivity index (χ2n) is 15.8. The number of aromatic nitrogens is 9. The van der Waals surface area contributed by atoms with Crippen LogP contribution >= 0.6 is 23.2 Å². The van der Waals surface area contributed by atoms with Gasteiger partial charge in [0.05, 0.1) is 34.1 Å². The van der Waals surface area contributed by atoms with E-state index in [9.17, 15) is 35.9 Å². The molecule has 21 heteroatoms. The van der Waals surface area contributed by atoms with Crippen LogP contribution in [0.2, 0.25) is 10.0 Å². The van der Waals surface area contributed by atoms with Crippen LogP contribution in [0.25, 0.3) is 11.4 Å². The summed E-state index contributed by atoms with van der Waals surface area (Å²) in [6, 6.07) is 11.8. The fraction of sp³-hybridized carbons (Fsp3) is 0.390. The lowest BCUT2D eigenvalue weighted by atomic mass is 9.97. The Bertz CT molecular complexity index is 2660. The number of aryl methyl sites for hydroxylation is 2. The SMILES string of the molecule is Cc1nc(C(F)(F)F)cn1[C@H]1CCN(c2nnn(-c3ccc(Cl)cc3)c2C(C)Cc2nn(-c3ccc(Cl)cc3)c(C(C)C)c2N2CC[C@H](n3cc(C(F)(F)F)nc3C)C2=O)C1=O. The molecule has 62 heavy (non-hydrogen) atoms. The molecule has 2 aliphatic heterocycles. The smallest absolute Gasteiger partial charge is 0.322 e. The predicted octanol–water partition coefficient (Wildman–Crippen LogP) is 9.23. The first kappa shape index (κ1) is 43.0. The fourth-order valence-corrected chi connectivity index (χ4v) is 8.67. The minimum Gasteiger partial charge on any atom is -0.322 e. The largest absolute Gasteiger partial charge is 0.434 e. The average molecular weight is 903 g/mol. The van der Waals surface area contributed by atoms with Crippen molar-refractivity contribution in [2.75, 3.05) is 22.9 Å². The summed E-state index contributed by atoms with van der Waals surface area (Å²) in [5, 5.41) is 15.0. The molecule has 3 atom stereocenters. The van der Waals surface area contributed by atoms with Crippen LogP contribution in [-0.2, 0) is 28.4 Å². The minimum atomic E-state index is -4.70. The van der Waals surface area contributed by atoms with Gasteiger partial charge in [0, 0.05) is 47.9 Å². The number of hydrogen-bond acceptors (Lipinski definition) is 7. The van der Waals surface area contributed by atoms with E-state index in [4.69, 9.17) is 28.3 Å².